The van der Waals surface area contributed by atoms with Gasteiger partial charge in [0.25, 0.3) is 0 Å². The Morgan fingerprint density at radius 1 is 1.40 bits per heavy atom. The highest BCUT2D eigenvalue weighted by molar-refractivity contribution is 5.87. The van der Waals surface area contributed by atoms with E-state index in [0.717, 1.165) is 6.42 Å². The van der Waals surface area contributed by atoms with Crippen LogP contribution in [0.15, 0.2) is 0 Å². The van der Waals surface area contributed by atoms with Crippen molar-refractivity contribution in [1.82, 2.24) is 15.5 Å². The normalized spacial score (nSPS) is 19.5. The Balaban J connectivity index is 2.49. The van der Waals surface area contributed by atoms with Crippen molar-refractivity contribution in [2.45, 2.75) is 38.6 Å². The summed E-state index contributed by atoms with van der Waals surface area (Å²) in [6.07, 6.45) is 2.19. The van der Waals surface area contributed by atoms with Gasteiger partial charge >= 0.3 is 12.0 Å². The van der Waals surface area contributed by atoms with Crippen LogP contribution in [0.5, 0.6) is 0 Å². The minimum Gasteiger partial charge on any atom is -0.481 e. The van der Waals surface area contributed by atoms with Crippen LogP contribution in [0.3, 0.4) is 0 Å². The van der Waals surface area contributed by atoms with E-state index in [4.69, 9.17) is 5.11 Å². The van der Waals surface area contributed by atoms with Crippen molar-refractivity contribution in [3.8, 4) is 0 Å². The summed E-state index contributed by atoms with van der Waals surface area (Å²) in [5, 5.41) is 14.1. The van der Waals surface area contributed by atoms with Gasteiger partial charge in [-0.2, -0.15) is 0 Å². The summed E-state index contributed by atoms with van der Waals surface area (Å²) in [6.45, 7) is 2.77. The Morgan fingerprint density at radius 3 is 2.65 bits per heavy atom. The van der Waals surface area contributed by atoms with Crippen molar-refractivity contribution < 1.29 is 19.5 Å². The zero-order valence-electron chi connectivity index (χ0n) is 12.0. The molecule has 7 heteroatoms. The molecule has 0 aromatic carbocycles. The van der Waals surface area contributed by atoms with Crippen molar-refractivity contribution >= 4 is 17.9 Å². The standard InChI is InChI=1S/C13H23N3O4/c1-3-9(7-11(17)18)8-15-13(20)16-6-4-5-10(16)12(19)14-2/h9-10H,3-8H2,1-2H3,(H,14,19)(H,15,20)(H,17,18). The first-order valence-corrected chi connectivity index (χ1v) is 6.97. The van der Waals surface area contributed by atoms with E-state index in [1.54, 1.807) is 7.05 Å². The number of nitrogens with zero attached hydrogens (tertiary/aromatic N) is 1. The molecule has 0 aromatic heterocycles. The molecule has 7 nitrogen and oxygen atoms in total. The maximum atomic E-state index is 12.1. The number of aliphatic carboxylic acids is 1. The lowest BCUT2D eigenvalue weighted by molar-refractivity contribution is -0.138. The van der Waals surface area contributed by atoms with E-state index in [-0.39, 0.29) is 24.3 Å². The number of likely N-dealkylation sites (tertiary alicyclic amines) is 1. The number of nitrogens with one attached hydrogen (secondary N) is 2. The fraction of sp³-hybridized carbons (Fsp3) is 0.769. The molecule has 1 saturated heterocycles. The second kappa shape index (κ2) is 7.72. The molecule has 1 fully saturated rings. The Labute approximate surface area is 118 Å². The van der Waals surface area contributed by atoms with Gasteiger partial charge in [-0.25, -0.2) is 4.79 Å². The van der Waals surface area contributed by atoms with Crippen molar-refractivity contribution in [3.05, 3.63) is 0 Å². The number of amides is 3. The first-order valence-electron chi connectivity index (χ1n) is 6.97. The lowest BCUT2D eigenvalue weighted by atomic mass is 10.0. The zero-order chi connectivity index (χ0) is 15.1. The van der Waals surface area contributed by atoms with Crippen LogP contribution in [0, 0.1) is 5.92 Å². The summed E-state index contributed by atoms with van der Waals surface area (Å²) in [5.41, 5.74) is 0. The largest absolute Gasteiger partial charge is 0.481 e. The fourth-order valence-electron chi connectivity index (χ4n) is 2.39. The topological polar surface area (TPSA) is 98.7 Å². The third-order valence-electron chi connectivity index (χ3n) is 3.65. The zero-order valence-corrected chi connectivity index (χ0v) is 12.0. The van der Waals surface area contributed by atoms with Gasteiger partial charge in [-0.15, -0.1) is 0 Å². The van der Waals surface area contributed by atoms with Gasteiger partial charge in [0.05, 0.1) is 0 Å². The molecule has 1 heterocycles. The van der Waals surface area contributed by atoms with Gasteiger partial charge in [0.2, 0.25) is 5.91 Å². The van der Waals surface area contributed by atoms with Crippen molar-refractivity contribution in [3.63, 3.8) is 0 Å². The predicted molar refractivity (Wildman–Crippen MR) is 73.2 cm³/mol. The molecule has 0 spiro atoms. The quantitative estimate of drug-likeness (QED) is 0.658. The van der Waals surface area contributed by atoms with Crippen LogP contribution in [0.1, 0.15) is 32.6 Å². The molecule has 1 aliphatic heterocycles. The maximum Gasteiger partial charge on any atom is 0.318 e. The molecule has 0 bridgehead atoms. The van der Waals surface area contributed by atoms with Crippen LogP contribution in [0.25, 0.3) is 0 Å². The second-order valence-electron chi connectivity index (χ2n) is 5.02. The number of likely N-dealkylation sites (N-methyl/N-ethyl adjacent to an activating group) is 1. The molecule has 1 rings (SSSR count). The highest BCUT2D eigenvalue weighted by atomic mass is 16.4. The van der Waals surface area contributed by atoms with Crippen LogP contribution in [-0.2, 0) is 9.59 Å². The number of urea groups is 1. The highest BCUT2D eigenvalue weighted by Gasteiger charge is 2.33. The number of carboxylic acid groups (broad SMARTS) is 1. The molecule has 0 aliphatic carbocycles. The van der Waals surface area contributed by atoms with Crippen molar-refractivity contribution in [2.75, 3.05) is 20.1 Å². The molecule has 2 unspecified atom stereocenters. The molecule has 0 saturated carbocycles. The van der Waals surface area contributed by atoms with E-state index >= 15 is 0 Å². The van der Waals surface area contributed by atoms with Crippen LogP contribution in [0.2, 0.25) is 0 Å². The summed E-state index contributed by atoms with van der Waals surface area (Å²) < 4.78 is 0. The molecule has 1 aliphatic rings. The molecular formula is C13H23N3O4. The first kappa shape index (κ1) is 16.3. The van der Waals surface area contributed by atoms with Crippen LogP contribution in [0.4, 0.5) is 4.79 Å². The van der Waals surface area contributed by atoms with E-state index in [9.17, 15) is 14.4 Å². The van der Waals surface area contributed by atoms with E-state index in [2.05, 4.69) is 10.6 Å². The summed E-state index contributed by atoms with van der Waals surface area (Å²) in [5.74, 6) is -1.11. The number of carbonyl (C=O) groups excluding carboxylic acids is 2. The van der Waals surface area contributed by atoms with Gasteiger partial charge in [0, 0.05) is 26.6 Å². The summed E-state index contributed by atoms with van der Waals surface area (Å²) >= 11 is 0. The molecule has 3 N–H and O–H groups in total. The van der Waals surface area contributed by atoms with E-state index in [1.807, 2.05) is 6.92 Å². The second-order valence-corrected chi connectivity index (χ2v) is 5.02. The van der Waals surface area contributed by atoms with Crippen molar-refractivity contribution in [1.29, 1.82) is 0 Å². The number of rotatable bonds is 6. The average Bonchev–Trinajstić information content (AvgIpc) is 2.91. The summed E-state index contributed by atoms with van der Waals surface area (Å²) in [7, 11) is 1.55. The smallest absolute Gasteiger partial charge is 0.318 e. The first-order chi connectivity index (χ1) is 9.49. The Bertz CT molecular complexity index is 373. The summed E-state index contributed by atoms with van der Waals surface area (Å²) in [6, 6.07) is -0.709. The van der Waals surface area contributed by atoms with Crippen LogP contribution >= 0.6 is 0 Å². The molecule has 3 amide bonds. The maximum absolute atomic E-state index is 12.1. The van der Waals surface area contributed by atoms with Gasteiger partial charge in [0.15, 0.2) is 0 Å². The number of carboxylic acids is 1. The lowest BCUT2D eigenvalue weighted by Gasteiger charge is -2.24. The van der Waals surface area contributed by atoms with Gasteiger partial charge in [-0.05, 0) is 18.8 Å². The highest BCUT2D eigenvalue weighted by Crippen LogP contribution is 2.17. The molecule has 0 radical (unpaired) electrons. The molecule has 2 atom stereocenters. The third kappa shape index (κ3) is 4.40. The van der Waals surface area contributed by atoms with Crippen LogP contribution in [-0.4, -0.2) is 54.1 Å². The number of carbonyl (C=O) groups is 3. The Hall–Kier alpha value is -1.79. The van der Waals surface area contributed by atoms with Crippen molar-refractivity contribution in [2.24, 2.45) is 5.92 Å². The predicted octanol–water partition coefficient (Wildman–Crippen LogP) is 0.407. The SMILES string of the molecule is CCC(CNC(=O)N1CCCC1C(=O)NC)CC(=O)O. The number of hydrogen-bond donors (Lipinski definition) is 3. The minimum absolute atomic E-state index is 0.0374. The Morgan fingerprint density at radius 2 is 2.10 bits per heavy atom. The summed E-state index contributed by atoms with van der Waals surface area (Å²) in [4.78, 5) is 35.9. The Kier molecular flexibility index (Phi) is 6.27. The minimum atomic E-state index is -0.865. The fourth-order valence-corrected chi connectivity index (χ4v) is 2.39. The van der Waals surface area contributed by atoms with E-state index in [1.165, 1.54) is 4.90 Å². The third-order valence-corrected chi connectivity index (χ3v) is 3.65. The van der Waals surface area contributed by atoms with E-state index < -0.39 is 12.0 Å². The van der Waals surface area contributed by atoms with Gasteiger partial charge in [-0.1, -0.05) is 13.3 Å². The molecule has 114 valence electrons. The van der Waals surface area contributed by atoms with E-state index in [0.29, 0.717) is 25.9 Å². The van der Waals surface area contributed by atoms with Crippen LogP contribution < -0.4 is 10.6 Å². The molecule has 20 heavy (non-hydrogen) atoms. The number of hydrogen-bond acceptors (Lipinski definition) is 3. The average molecular weight is 285 g/mol. The van der Waals surface area contributed by atoms with Gasteiger partial charge < -0.3 is 20.6 Å². The van der Waals surface area contributed by atoms with Gasteiger partial charge in [0.1, 0.15) is 6.04 Å². The lowest BCUT2D eigenvalue weighted by Crippen LogP contribution is -2.49. The molecular weight excluding hydrogens is 262 g/mol. The van der Waals surface area contributed by atoms with Gasteiger partial charge in [-0.3, -0.25) is 9.59 Å². The molecule has 0 aromatic rings. The monoisotopic (exact) mass is 285 g/mol.